The molecular formula is C12H12O4. The Morgan fingerprint density at radius 3 is 2.25 bits per heavy atom. The molecule has 1 aromatic rings. The fraction of sp³-hybridized carbons (Fsp3) is 0.333. The fourth-order valence-electron chi connectivity index (χ4n) is 2.30. The Labute approximate surface area is 92.5 Å². The first-order chi connectivity index (χ1) is 7.61. The topological polar surface area (TPSA) is 74.6 Å². The van der Waals surface area contributed by atoms with Crippen molar-refractivity contribution in [1.29, 1.82) is 0 Å². The van der Waals surface area contributed by atoms with Gasteiger partial charge < -0.3 is 10.2 Å². The second kappa shape index (κ2) is 3.96. The van der Waals surface area contributed by atoms with Crippen molar-refractivity contribution in [2.45, 2.75) is 12.3 Å². The van der Waals surface area contributed by atoms with E-state index >= 15 is 0 Å². The predicted molar refractivity (Wildman–Crippen MR) is 56.1 cm³/mol. The zero-order valence-electron chi connectivity index (χ0n) is 8.54. The molecule has 0 aliphatic heterocycles. The molecule has 0 radical (unpaired) electrons. The number of carboxylic acid groups (broad SMARTS) is 2. The van der Waals surface area contributed by atoms with Gasteiger partial charge in [0.05, 0.1) is 5.92 Å². The summed E-state index contributed by atoms with van der Waals surface area (Å²) < 4.78 is 0. The minimum atomic E-state index is -0.935. The third-order valence-electron chi connectivity index (χ3n) is 3.05. The van der Waals surface area contributed by atoms with Crippen molar-refractivity contribution in [1.82, 2.24) is 0 Å². The highest BCUT2D eigenvalue weighted by atomic mass is 16.4. The highest BCUT2D eigenvalue weighted by Gasteiger charge is 2.56. The van der Waals surface area contributed by atoms with Crippen LogP contribution in [0.25, 0.3) is 0 Å². The molecule has 84 valence electrons. The van der Waals surface area contributed by atoms with Gasteiger partial charge in [0.2, 0.25) is 0 Å². The standard InChI is InChI=1S/C12H12O4/c13-9(14)6-8-10(11(8)12(15)16)7-4-2-1-3-5-7/h1-5,8,10-11H,6H2,(H,13,14)(H,15,16)/t8-,10-,11+/m0/s1. The quantitative estimate of drug-likeness (QED) is 0.807. The molecule has 0 aromatic heterocycles. The van der Waals surface area contributed by atoms with E-state index in [1.54, 1.807) is 0 Å². The molecule has 1 saturated carbocycles. The lowest BCUT2D eigenvalue weighted by Gasteiger charge is -1.97. The monoisotopic (exact) mass is 220 g/mol. The van der Waals surface area contributed by atoms with Crippen LogP contribution >= 0.6 is 0 Å². The van der Waals surface area contributed by atoms with Crippen molar-refractivity contribution in [3.8, 4) is 0 Å². The van der Waals surface area contributed by atoms with E-state index in [1.807, 2.05) is 30.3 Å². The third kappa shape index (κ3) is 1.91. The molecule has 4 nitrogen and oxygen atoms in total. The van der Waals surface area contributed by atoms with Gasteiger partial charge in [0.1, 0.15) is 0 Å². The Bertz CT molecular complexity index is 412. The van der Waals surface area contributed by atoms with Crippen LogP contribution < -0.4 is 0 Å². The van der Waals surface area contributed by atoms with E-state index in [-0.39, 0.29) is 18.3 Å². The van der Waals surface area contributed by atoms with Crippen LogP contribution in [0.1, 0.15) is 17.9 Å². The lowest BCUT2D eigenvalue weighted by Crippen LogP contribution is -2.03. The first-order valence-corrected chi connectivity index (χ1v) is 5.11. The van der Waals surface area contributed by atoms with Gasteiger partial charge in [-0.25, -0.2) is 0 Å². The van der Waals surface area contributed by atoms with Crippen LogP contribution in [0.4, 0.5) is 0 Å². The molecule has 0 heterocycles. The van der Waals surface area contributed by atoms with E-state index in [0.29, 0.717) is 0 Å². The zero-order chi connectivity index (χ0) is 11.7. The van der Waals surface area contributed by atoms with Crippen LogP contribution in [-0.4, -0.2) is 22.2 Å². The number of carboxylic acids is 2. The summed E-state index contributed by atoms with van der Waals surface area (Å²) in [6.45, 7) is 0. The number of rotatable bonds is 4. The van der Waals surface area contributed by atoms with E-state index in [0.717, 1.165) is 5.56 Å². The molecule has 0 bridgehead atoms. The summed E-state index contributed by atoms with van der Waals surface area (Å²) in [6, 6.07) is 9.23. The van der Waals surface area contributed by atoms with Gasteiger partial charge >= 0.3 is 11.9 Å². The van der Waals surface area contributed by atoms with Crippen LogP contribution in [0.15, 0.2) is 30.3 Å². The highest BCUT2D eigenvalue weighted by molar-refractivity contribution is 5.79. The lowest BCUT2D eigenvalue weighted by atomic mass is 10.1. The first-order valence-electron chi connectivity index (χ1n) is 5.11. The minimum Gasteiger partial charge on any atom is -0.481 e. The second-order valence-electron chi connectivity index (χ2n) is 4.06. The molecule has 4 heteroatoms. The summed E-state index contributed by atoms with van der Waals surface area (Å²) in [5.74, 6) is -2.79. The Hall–Kier alpha value is -1.84. The Morgan fingerprint density at radius 1 is 1.12 bits per heavy atom. The predicted octanol–water partition coefficient (Wildman–Crippen LogP) is 1.58. The maximum Gasteiger partial charge on any atom is 0.307 e. The molecule has 0 unspecified atom stereocenters. The maximum absolute atomic E-state index is 10.9. The van der Waals surface area contributed by atoms with Gasteiger partial charge in [0.15, 0.2) is 0 Å². The molecule has 0 saturated heterocycles. The van der Waals surface area contributed by atoms with Crippen molar-refractivity contribution in [2.75, 3.05) is 0 Å². The van der Waals surface area contributed by atoms with Crippen LogP contribution in [-0.2, 0) is 9.59 Å². The van der Waals surface area contributed by atoms with Crippen LogP contribution in [0.3, 0.4) is 0 Å². The average molecular weight is 220 g/mol. The molecular weight excluding hydrogens is 208 g/mol. The number of carbonyl (C=O) groups is 2. The summed E-state index contributed by atoms with van der Waals surface area (Å²) in [5.41, 5.74) is 0.918. The van der Waals surface area contributed by atoms with Crippen molar-refractivity contribution in [2.24, 2.45) is 11.8 Å². The maximum atomic E-state index is 10.9. The van der Waals surface area contributed by atoms with Gasteiger partial charge in [-0.15, -0.1) is 0 Å². The third-order valence-corrected chi connectivity index (χ3v) is 3.05. The normalized spacial score (nSPS) is 27.4. The van der Waals surface area contributed by atoms with E-state index < -0.39 is 17.9 Å². The highest BCUT2D eigenvalue weighted by Crippen LogP contribution is 2.55. The van der Waals surface area contributed by atoms with E-state index in [1.165, 1.54) is 0 Å². The first kappa shape index (κ1) is 10.7. The number of hydrogen-bond donors (Lipinski definition) is 2. The summed E-state index contributed by atoms with van der Waals surface area (Å²) in [7, 11) is 0. The summed E-state index contributed by atoms with van der Waals surface area (Å²) in [4.78, 5) is 21.5. The fourth-order valence-corrected chi connectivity index (χ4v) is 2.30. The largest absolute Gasteiger partial charge is 0.481 e. The van der Waals surface area contributed by atoms with Crippen LogP contribution in [0, 0.1) is 11.8 Å². The van der Waals surface area contributed by atoms with Crippen LogP contribution in [0.2, 0.25) is 0 Å². The van der Waals surface area contributed by atoms with Gasteiger partial charge in [-0.1, -0.05) is 30.3 Å². The van der Waals surface area contributed by atoms with E-state index in [4.69, 9.17) is 10.2 Å². The van der Waals surface area contributed by atoms with Gasteiger partial charge in [-0.2, -0.15) is 0 Å². The molecule has 2 rings (SSSR count). The van der Waals surface area contributed by atoms with Crippen molar-refractivity contribution in [3.05, 3.63) is 35.9 Å². The summed E-state index contributed by atoms with van der Waals surface area (Å²) in [6.07, 6.45) is -0.0729. The molecule has 1 aliphatic carbocycles. The number of benzene rings is 1. The molecule has 16 heavy (non-hydrogen) atoms. The summed E-state index contributed by atoms with van der Waals surface area (Å²) in [5, 5.41) is 17.7. The average Bonchev–Trinajstić information content (AvgIpc) is 2.92. The van der Waals surface area contributed by atoms with Crippen molar-refractivity contribution < 1.29 is 19.8 Å². The van der Waals surface area contributed by atoms with Crippen LogP contribution in [0.5, 0.6) is 0 Å². The van der Waals surface area contributed by atoms with Gasteiger partial charge in [-0.3, -0.25) is 9.59 Å². The SMILES string of the molecule is O=C(O)C[C@@H]1[C@@H](C(=O)O)[C@H]1c1ccccc1. The zero-order valence-corrected chi connectivity index (χ0v) is 8.54. The molecule has 1 fully saturated rings. The van der Waals surface area contributed by atoms with Gasteiger partial charge in [-0.05, 0) is 11.5 Å². The number of hydrogen-bond acceptors (Lipinski definition) is 2. The number of aliphatic carboxylic acids is 2. The molecule has 0 amide bonds. The summed E-state index contributed by atoms with van der Waals surface area (Å²) >= 11 is 0. The Kier molecular flexibility index (Phi) is 2.64. The molecule has 2 N–H and O–H groups in total. The molecule has 1 aromatic carbocycles. The van der Waals surface area contributed by atoms with Gasteiger partial charge in [0.25, 0.3) is 0 Å². The van der Waals surface area contributed by atoms with E-state index in [2.05, 4.69) is 0 Å². The Morgan fingerprint density at radius 2 is 1.75 bits per heavy atom. The minimum absolute atomic E-state index is 0.0729. The molecule has 0 spiro atoms. The van der Waals surface area contributed by atoms with Gasteiger partial charge in [0, 0.05) is 12.3 Å². The van der Waals surface area contributed by atoms with Crippen molar-refractivity contribution in [3.63, 3.8) is 0 Å². The van der Waals surface area contributed by atoms with E-state index in [9.17, 15) is 9.59 Å². The van der Waals surface area contributed by atoms with Crippen molar-refractivity contribution >= 4 is 11.9 Å². The molecule has 3 atom stereocenters. The Balaban J connectivity index is 2.16. The molecule has 1 aliphatic rings. The smallest absolute Gasteiger partial charge is 0.307 e. The second-order valence-corrected chi connectivity index (χ2v) is 4.06. The lowest BCUT2D eigenvalue weighted by molar-refractivity contribution is -0.139.